The van der Waals surface area contributed by atoms with Crippen LogP contribution < -0.4 is 4.72 Å². The molecule has 0 radical (unpaired) electrons. The van der Waals surface area contributed by atoms with Gasteiger partial charge in [-0.1, -0.05) is 13.8 Å². The smallest absolute Gasteiger partial charge is 0.265 e. The third-order valence-electron chi connectivity index (χ3n) is 6.35. The highest BCUT2D eigenvalue weighted by atomic mass is 32.2. The topological polar surface area (TPSA) is 84.3 Å². The van der Waals surface area contributed by atoms with Gasteiger partial charge in [-0.2, -0.15) is 0 Å². The average molecular weight is 467 g/mol. The molecule has 2 aromatic heterocycles. The van der Waals surface area contributed by atoms with Gasteiger partial charge in [-0.15, -0.1) is 11.3 Å². The number of amides is 1. The van der Waals surface area contributed by atoms with Crippen molar-refractivity contribution in [3.8, 4) is 10.7 Å². The molecule has 172 valence electrons. The van der Waals surface area contributed by atoms with Crippen molar-refractivity contribution in [2.24, 2.45) is 13.0 Å². The van der Waals surface area contributed by atoms with Crippen LogP contribution in [-0.2, 0) is 17.1 Å². The Hall–Kier alpha value is -1.71. The summed E-state index contributed by atoms with van der Waals surface area (Å²) < 4.78 is 30.7. The molecule has 0 unspecified atom stereocenters. The highest BCUT2D eigenvalue weighted by Gasteiger charge is 2.30. The summed E-state index contributed by atoms with van der Waals surface area (Å²) in [5.41, 5.74) is 1.49. The lowest BCUT2D eigenvalue weighted by Gasteiger charge is -2.30. The number of aromatic nitrogens is 2. The zero-order valence-electron chi connectivity index (χ0n) is 19.6. The number of nitrogens with one attached hydrogen (secondary N) is 1. The first kappa shape index (κ1) is 23.9. The standard InChI is InChI=1S/C22H34N4O3S2/c1-8-22(5,6)24-31(28,29)18-13-17(25(7)16(18)4)20-23-15(3)19(30-20)21(27)26-11-9-14(2)10-12-26/h13-14,24H,8-12H2,1-7H3. The van der Waals surface area contributed by atoms with Crippen molar-refractivity contribution in [1.29, 1.82) is 0 Å². The van der Waals surface area contributed by atoms with E-state index in [0.717, 1.165) is 25.9 Å². The molecule has 0 bridgehead atoms. The molecule has 0 aromatic carbocycles. The second-order valence-corrected chi connectivity index (χ2v) is 11.9. The third-order valence-corrected chi connectivity index (χ3v) is 9.34. The zero-order valence-corrected chi connectivity index (χ0v) is 21.2. The summed E-state index contributed by atoms with van der Waals surface area (Å²) in [5.74, 6) is 0.679. The van der Waals surface area contributed by atoms with Gasteiger partial charge >= 0.3 is 0 Å². The normalized spacial score (nSPS) is 16.2. The van der Waals surface area contributed by atoms with Gasteiger partial charge in [0.15, 0.2) is 0 Å². The fourth-order valence-electron chi connectivity index (χ4n) is 3.70. The monoisotopic (exact) mass is 466 g/mol. The van der Waals surface area contributed by atoms with Crippen molar-refractivity contribution in [3.63, 3.8) is 0 Å². The number of carbonyl (C=O) groups excluding carboxylic acids is 1. The van der Waals surface area contributed by atoms with Gasteiger partial charge < -0.3 is 9.47 Å². The molecule has 1 fully saturated rings. The molecule has 9 heteroatoms. The number of likely N-dealkylation sites (tertiary alicyclic amines) is 1. The lowest BCUT2D eigenvalue weighted by molar-refractivity contribution is 0.0701. The maximum Gasteiger partial charge on any atom is 0.265 e. The fraction of sp³-hybridized carbons (Fsp3) is 0.636. The van der Waals surface area contributed by atoms with Crippen molar-refractivity contribution in [1.82, 2.24) is 19.2 Å². The average Bonchev–Trinajstić information content (AvgIpc) is 3.21. The molecule has 0 spiro atoms. The Kier molecular flexibility index (Phi) is 6.70. The second kappa shape index (κ2) is 8.67. The highest BCUT2D eigenvalue weighted by molar-refractivity contribution is 7.89. The van der Waals surface area contributed by atoms with E-state index in [9.17, 15) is 13.2 Å². The Morgan fingerprint density at radius 2 is 1.90 bits per heavy atom. The molecule has 2 aromatic rings. The summed E-state index contributed by atoms with van der Waals surface area (Å²) in [4.78, 5) is 20.5. The number of hydrogen-bond donors (Lipinski definition) is 1. The van der Waals surface area contributed by atoms with Crippen LogP contribution in [0.4, 0.5) is 0 Å². The molecule has 1 saturated heterocycles. The summed E-state index contributed by atoms with van der Waals surface area (Å²) in [5, 5.41) is 0.660. The van der Waals surface area contributed by atoms with Crippen LogP contribution in [0.5, 0.6) is 0 Å². The van der Waals surface area contributed by atoms with E-state index >= 15 is 0 Å². The SMILES string of the molecule is CCC(C)(C)NS(=O)(=O)c1cc(-c2nc(C)c(C(=O)N3CCC(C)CC3)s2)n(C)c1C. The number of piperidine rings is 1. The molecule has 3 rings (SSSR count). The quantitative estimate of drug-likeness (QED) is 0.694. The molecule has 31 heavy (non-hydrogen) atoms. The maximum atomic E-state index is 13.1. The number of carbonyl (C=O) groups is 1. The molecular formula is C22H34N4O3S2. The van der Waals surface area contributed by atoms with Crippen molar-refractivity contribution in [2.45, 2.75) is 71.2 Å². The van der Waals surface area contributed by atoms with Gasteiger partial charge in [0.1, 0.15) is 14.8 Å². The van der Waals surface area contributed by atoms with E-state index in [4.69, 9.17) is 0 Å². The lowest BCUT2D eigenvalue weighted by atomic mass is 9.99. The number of hydrogen-bond acceptors (Lipinski definition) is 5. The van der Waals surface area contributed by atoms with Gasteiger partial charge in [0, 0.05) is 31.4 Å². The van der Waals surface area contributed by atoms with Crippen LogP contribution in [0.1, 0.15) is 68.0 Å². The Labute approximate surface area is 189 Å². The van der Waals surface area contributed by atoms with E-state index in [2.05, 4.69) is 16.6 Å². The highest BCUT2D eigenvalue weighted by Crippen LogP contribution is 2.33. The summed E-state index contributed by atoms with van der Waals surface area (Å²) in [6, 6.07) is 1.67. The van der Waals surface area contributed by atoms with E-state index in [0.29, 0.717) is 39.3 Å². The predicted molar refractivity (Wildman–Crippen MR) is 125 cm³/mol. The fourth-order valence-corrected chi connectivity index (χ4v) is 6.56. The number of nitrogens with zero attached hydrogens (tertiary/aromatic N) is 3. The van der Waals surface area contributed by atoms with E-state index < -0.39 is 15.6 Å². The minimum absolute atomic E-state index is 0.0262. The van der Waals surface area contributed by atoms with Crippen LogP contribution in [-0.4, -0.2) is 47.4 Å². The Balaban J connectivity index is 1.94. The van der Waals surface area contributed by atoms with Crippen molar-refractivity contribution in [2.75, 3.05) is 13.1 Å². The van der Waals surface area contributed by atoms with Crippen LogP contribution in [0.3, 0.4) is 0 Å². The minimum atomic E-state index is -3.68. The molecule has 1 amide bonds. The molecule has 3 heterocycles. The first-order valence-corrected chi connectivity index (χ1v) is 13.1. The van der Waals surface area contributed by atoms with Crippen molar-refractivity contribution >= 4 is 27.3 Å². The van der Waals surface area contributed by atoms with E-state index in [-0.39, 0.29) is 10.8 Å². The maximum absolute atomic E-state index is 13.1. The lowest BCUT2D eigenvalue weighted by Crippen LogP contribution is -2.42. The van der Waals surface area contributed by atoms with E-state index in [1.807, 2.05) is 44.2 Å². The summed E-state index contributed by atoms with van der Waals surface area (Å²) in [6.45, 7) is 13.1. The molecular weight excluding hydrogens is 432 g/mol. The van der Waals surface area contributed by atoms with Crippen molar-refractivity contribution < 1.29 is 13.2 Å². The van der Waals surface area contributed by atoms with Gasteiger partial charge in [0.05, 0.1) is 11.4 Å². The number of aryl methyl sites for hydroxylation is 1. The largest absolute Gasteiger partial charge is 0.345 e. The molecule has 0 aliphatic carbocycles. The molecule has 1 N–H and O–H groups in total. The van der Waals surface area contributed by atoms with Crippen LogP contribution in [0, 0.1) is 19.8 Å². The van der Waals surface area contributed by atoms with E-state index in [1.165, 1.54) is 11.3 Å². The summed E-state index contributed by atoms with van der Waals surface area (Å²) in [7, 11) is -1.85. The summed E-state index contributed by atoms with van der Waals surface area (Å²) in [6.07, 6.45) is 2.73. The van der Waals surface area contributed by atoms with Crippen LogP contribution in [0.25, 0.3) is 10.7 Å². The molecule has 1 aliphatic rings. The Morgan fingerprint density at radius 3 is 2.48 bits per heavy atom. The Morgan fingerprint density at radius 1 is 1.29 bits per heavy atom. The minimum Gasteiger partial charge on any atom is -0.345 e. The van der Waals surface area contributed by atoms with Gasteiger partial charge in [-0.25, -0.2) is 18.1 Å². The van der Waals surface area contributed by atoms with Crippen LogP contribution in [0.2, 0.25) is 0 Å². The predicted octanol–water partition coefficient (Wildman–Crippen LogP) is 4.10. The second-order valence-electron chi connectivity index (χ2n) is 9.29. The number of sulfonamides is 1. The van der Waals surface area contributed by atoms with Gasteiger partial charge in [0.25, 0.3) is 5.91 Å². The first-order chi connectivity index (χ1) is 14.4. The van der Waals surface area contributed by atoms with E-state index in [1.54, 1.807) is 13.0 Å². The third kappa shape index (κ3) is 4.88. The van der Waals surface area contributed by atoms with Gasteiger partial charge in [-0.05, 0) is 58.9 Å². The molecule has 0 atom stereocenters. The van der Waals surface area contributed by atoms with Crippen molar-refractivity contribution in [3.05, 3.63) is 22.3 Å². The number of thiazole rings is 1. The number of rotatable bonds is 6. The molecule has 1 aliphatic heterocycles. The van der Waals surface area contributed by atoms with Crippen LogP contribution >= 0.6 is 11.3 Å². The zero-order chi connectivity index (χ0) is 23.1. The van der Waals surface area contributed by atoms with Gasteiger partial charge in [0.2, 0.25) is 10.0 Å². The van der Waals surface area contributed by atoms with Crippen LogP contribution in [0.15, 0.2) is 11.0 Å². The molecule has 7 nitrogen and oxygen atoms in total. The first-order valence-electron chi connectivity index (χ1n) is 10.8. The van der Waals surface area contributed by atoms with Gasteiger partial charge in [-0.3, -0.25) is 4.79 Å². The Bertz CT molecular complexity index is 1070. The summed E-state index contributed by atoms with van der Waals surface area (Å²) >= 11 is 1.34. The molecule has 0 saturated carbocycles.